The fourth-order valence-electron chi connectivity index (χ4n) is 4.59. The van der Waals surface area contributed by atoms with Gasteiger partial charge >= 0.3 is 15.2 Å². The Hall–Kier alpha value is -3.60. The van der Waals surface area contributed by atoms with E-state index in [-0.39, 0.29) is 16.6 Å². The summed E-state index contributed by atoms with van der Waals surface area (Å²) in [6.07, 6.45) is 1.92. The SMILES string of the molecule is C=CCN1CCN(c2ccccc2NC(=O)CSc2[nH]c3ccccc3[n+]2S(=O)(=O)c2ccccc2)CC1. The highest BCUT2D eigenvalue weighted by molar-refractivity contribution is 8.00. The van der Waals surface area contributed by atoms with Crippen molar-refractivity contribution in [3.8, 4) is 0 Å². The summed E-state index contributed by atoms with van der Waals surface area (Å²) in [6, 6.07) is 23.3. The van der Waals surface area contributed by atoms with Crippen molar-refractivity contribution < 1.29 is 17.2 Å². The Morgan fingerprint density at radius 2 is 1.66 bits per heavy atom. The van der Waals surface area contributed by atoms with Crippen LogP contribution >= 0.6 is 11.8 Å². The largest absolute Gasteiger partial charge is 0.367 e. The first kappa shape index (κ1) is 26.0. The zero-order valence-electron chi connectivity index (χ0n) is 20.9. The highest BCUT2D eigenvalue weighted by Gasteiger charge is 2.32. The van der Waals surface area contributed by atoms with Crippen molar-refractivity contribution in [1.29, 1.82) is 0 Å². The topological polar surface area (TPSA) is 89.4 Å². The molecule has 38 heavy (non-hydrogen) atoms. The van der Waals surface area contributed by atoms with Crippen LogP contribution in [-0.2, 0) is 14.8 Å². The third-order valence-corrected chi connectivity index (χ3v) is 9.26. The Morgan fingerprint density at radius 1 is 0.974 bits per heavy atom. The molecule has 4 aromatic rings. The van der Waals surface area contributed by atoms with Crippen LogP contribution in [-0.4, -0.2) is 62.7 Å². The molecule has 0 atom stereocenters. The van der Waals surface area contributed by atoms with Gasteiger partial charge in [-0.15, -0.1) is 10.6 Å². The molecule has 1 aliphatic heterocycles. The first-order valence-electron chi connectivity index (χ1n) is 12.4. The minimum absolute atomic E-state index is 0.0403. The van der Waals surface area contributed by atoms with Gasteiger partial charge in [0.05, 0.1) is 17.1 Å². The molecule has 1 amide bonds. The van der Waals surface area contributed by atoms with Gasteiger partial charge in [-0.1, -0.05) is 48.5 Å². The fourth-order valence-corrected chi connectivity index (χ4v) is 7.18. The molecule has 2 heterocycles. The van der Waals surface area contributed by atoms with Gasteiger partial charge in [-0.3, -0.25) is 9.69 Å². The van der Waals surface area contributed by atoms with Crippen LogP contribution in [0.1, 0.15) is 0 Å². The Bertz CT molecular complexity index is 1550. The van der Waals surface area contributed by atoms with E-state index in [1.54, 1.807) is 42.5 Å². The average molecular weight is 549 g/mol. The maximum Gasteiger partial charge on any atom is 0.336 e. The lowest BCUT2D eigenvalue weighted by atomic mass is 10.2. The number of para-hydroxylation sites is 4. The number of amides is 1. The van der Waals surface area contributed by atoms with E-state index in [1.807, 2.05) is 42.5 Å². The van der Waals surface area contributed by atoms with Crippen molar-refractivity contribution in [2.24, 2.45) is 0 Å². The van der Waals surface area contributed by atoms with Crippen LogP contribution in [0.4, 0.5) is 11.4 Å². The number of benzene rings is 3. The molecule has 0 aliphatic carbocycles. The van der Waals surface area contributed by atoms with Crippen LogP contribution in [0.5, 0.6) is 0 Å². The Kier molecular flexibility index (Phi) is 7.82. The molecule has 196 valence electrons. The van der Waals surface area contributed by atoms with Crippen molar-refractivity contribution >= 4 is 50.1 Å². The average Bonchev–Trinajstić information content (AvgIpc) is 3.33. The zero-order chi connectivity index (χ0) is 26.5. The highest BCUT2D eigenvalue weighted by Crippen LogP contribution is 2.27. The number of hydrogen-bond donors (Lipinski definition) is 2. The zero-order valence-corrected chi connectivity index (χ0v) is 22.5. The van der Waals surface area contributed by atoms with E-state index in [9.17, 15) is 13.2 Å². The van der Waals surface area contributed by atoms with Crippen LogP contribution in [0.3, 0.4) is 0 Å². The lowest BCUT2D eigenvalue weighted by Crippen LogP contribution is -2.46. The smallest absolute Gasteiger partial charge is 0.336 e. The monoisotopic (exact) mass is 548 g/mol. The number of imidazole rings is 1. The summed E-state index contributed by atoms with van der Waals surface area (Å²) in [5.41, 5.74) is 2.93. The molecule has 0 radical (unpaired) electrons. The van der Waals surface area contributed by atoms with E-state index < -0.39 is 10.0 Å². The number of anilines is 2. The summed E-state index contributed by atoms with van der Waals surface area (Å²) in [4.78, 5) is 21.1. The van der Waals surface area contributed by atoms with E-state index in [0.717, 1.165) is 55.9 Å². The normalized spacial score (nSPS) is 14.5. The number of nitrogens with zero attached hydrogens (tertiary/aromatic N) is 3. The van der Waals surface area contributed by atoms with Crippen molar-refractivity contribution in [1.82, 2.24) is 9.88 Å². The molecule has 3 aromatic carbocycles. The van der Waals surface area contributed by atoms with Gasteiger partial charge in [-0.25, -0.2) is 4.98 Å². The van der Waals surface area contributed by atoms with Gasteiger partial charge in [0.1, 0.15) is 4.90 Å². The summed E-state index contributed by atoms with van der Waals surface area (Å²) in [6.45, 7) is 8.28. The number of hydrogen-bond acceptors (Lipinski definition) is 6. The van der Waals surface area contributed by atoms with Gasteiger partial charge < -0.3 is 10.2 Å². The third kappa shape index (κ3) is 5.47. The number of carbonyl (C=O) groups is 1. The van der Waals surface area contributed by atoms with Gasteiger partial charge in [0, 0.05) is 32.7 Å². The van der Waals surface area contributed by atoms with Crippen LogP contribution in [0.25, 0.3) is 11.0 Å². The second-order valence-corrected chi connectivity index (χ2v) is 11.7. The van der Waals surface area contributed by atoms with E-state index in [2.05, 4.69) is 26.7 Å². The summed E-state index contributed by atoms with van der Waals surface area (Å²) in [5.74, 6) is -0.173. The molecule has 2 N–H and O–H groups in total. The first-order valence-corrected chi connectivity index (χ1v) is 14.8. The van der Waals surface area contributed by atoms with E-state index >= 15 is 0 Å². The van der Waals surface area contributed by atoms with Crippen molar-refractivity contribution in [2.45, 2.75) is 10.1 Å². The lowest BCUT2D eigenvalue weighted by Gasteiger charge is -2.36. The van der Waals surface area contributed by atoms with E-state index in [1.165, 1.54) is 3.97 Å². The highest BCUT2D eigenvalue weighted by atomic mass is 32.2. The minimum Gasteiger partial charge on any atom is -0.367 e. The van der Waals surface area contributed by atoms with Crippen LogP contribution in [0.2, 0.25) is 0 Å². The summed E-state index contributed by atoms with van der Waals surface area (Å²) >= 11 is 1.16. The Labute approximate surface area is 227 Å². The quantitative estimate of drug-likeness (QED) is 0.188. The van der Waals surface area contributed by atoms with Gasteiger partial charge in [0.25, 0.3) is 0 Å². The van der Waals surface area contributed by atoms with Gasteiger partial charge in [0.15, 0.2) is 11.0 Å². The molecule has 1 aromatic heterocycles. The summed E-state index contributed by atoms with van der Waals surface area (Å²) in [5, 5.41) is 3.41. The standard InChI is InChI=1S/C28H29N5O3S2/c1-2-16-31-17-19-32(20-18-31)25-14-8-6-12-23(25)29-27(34)21-37-28-30-24-13-7-9-15-26(24)33(28)38(35,36)22-10-4-3-5-11-22/h2-15H,1,16-21H2,(H,29,34)/p+1. The second kappa shape index (κ2) is 11.4. The second-order valence-electron chi connectivity index (χ2n) is 8.96. The number of piperazine rings is 1. The minimum atomic E-state index is -3.87. The van der Waals surface area contributed by atoms with Crippen LogP contribution in [0, 0.1) is 0 Å². The van der Waals surface area contributed by atoms with Crippen LogP contribution < -0.4 is 14.2 Å². The molecule has 1 aliphatic rings. The molecule has 8 nitrogen and oxygen atoms in total. The van der Waals surface area contributed by atoms with Crippen molar-refractivity contribution in [3.63, 3.8) is 0 Å². The molecular weight excluding hydrogens is 518 g/mol. The van der Waals surface area contributed by atoms with Crippen LogP contribution in [0.15, 0.2) is 102 Å². The maximum absolute atomic E-state index is 13.6. The molecule has 1 saturated heterocycles. The molecular formula is C28H30N5O3S2+. The van der Waals surface area contributed by atoms with Gasteiger partial charge in [-0.05, 0) is 48.2 Å². The predicted octanol–water partition coefficient (Wildman–Crippen LogP) is 3.73. The van der Waals surface area contributed by atoms with Crippen molar-refractivity contribution in [2.75, 3.05) is 48.7 Å². The molecule has 0 spiro atoms. The molecule has 5 rings (SSSR count). The number of H-pyrrole nitrogens is 1. The molecule has 0 bridgehead atoms. The van der Waals surface area contributed by atoms with E-state index in [4.69, 9.17) is 0 Å². The Morgan fingerprint density at radius 3 is 2.42 bits per heavy atom. The number of carbonyl (C=O) groups excluding carboxylic acids is 1. The summed E-state index contributed by atoms with van der Waals surface area (Å²) in [7, 11) is -3.87. The van der Waals surface area contributed by atoms with Crippen molar-refractivity contribution in [3.05, 3.63) is 91.5 Å². The molecule has 0 saturated carbocycles. The fraction of sp³-hybridized carbons (Fsp3) is 0.214. The number of rotatable bonds is 9. The number of fused-ring (bicyclic) bond motifs is 1. The number of aromatic nitrogens is 2. The predicted molar refractivity (Wildman–Crippen MR) is 152 cm³/mol. The molecule has 0 unspecified atom stereocenters. The molecule has 10 heteroatoms. The Balaban J connectivity index is 1.34. The summed E-state index contributed by atoms with van der Waals surface area (Å²) < 4.78 is 28.4. The number of aromatic amines is 1. The van der Waals surface area contributed by atoms with Gasteiger partial charge in [0.2, 0.25) is 5.91 Å². The first-order chi connectivity index (χ1) is 18.5. The van der Waals surface area contributed by atoms with E-state index in [0.29, 0.717) is 16.2 Å². The number of thioether (sulfide) groups is 1. The molecule has 1 fully saturated rings. The number of nitrogens with one attached hydrogen (secondary N) is 2. The lowest BCUT2D eigenvalue weighted by molar-refractivity contribution is -0.526. The van der Waals surface area contributed by atoms with Gasteiger partial charge in [-0.2, -0.15) is 8.42 Å². The third-order valence-electron chi connectivity index (χ3n) is 6.45. The maximum atomic E-state index is 13.6.